The second-order valence-corrected chi connectivity index (χ2v) is 7.29. The van der Waals surface area contributed by atoms with Crippen LogP contribution in [0.4, 0.5) is 0 Å². The topological polar surface area (TPSA) is 110 Å². The molecule has 1 amide bonds. The molecule has 0 radical (unpaired) electrons. The maximum atomic E-state index is 11.8. The van der Waals surface area contributed by atoms with E-state index in [1.54, 1.807) is 37.3 Å². The lowest BCUT2D eigenvalue weighted by atomic mass is 9.91. The predicted octanol–water partition coefficient (Wildman–Crippen LogP) is 1.10. The van der Waals surface area contributed by atoms with Crippen molar-refractivity contribution in [1.82, 2.24) is 4.98 Å². The van der Waals surface area contributed by atoms with Crippen LogP contribution in [0.15, 0.2) is 47.5 Å². The maximum Gasteiger partial charge on any atom is 0.249 e. The number of sulfone groups is 1. The fourth-order valence-electron chi connectivity index (χ4n) is 2.32. The van der Waals surface area contributed by atoms with Crippen LogP contribution in [0.2, 0.25) is 0 Å². The van der Waals surface area contributed by atoms with E-state index in [9.17, 15) is 18.3 Å². The normalized spacial score (nSPS) is 12.8. The highest BCUT2D eigenvalue weighted by Gasteiger charge is 2.21. The minimum Gasteiger partial charge on any atom is -0.395 e. The third kappa shape index (κ3) is 3.57. The summed E-state index contributed by atoms with van der Waals surface area (Å²) in [6.45, 7) is 1.28. The molecule has 1 aromatic carbocycles. The number of primary amides is 1. The van der Waals surface area contributed by atoms with Crippen LogP contribution in [-0.2, 0) is 9.84 Å². The number of hydrogen-bond acceptors (Lipinski definition) is 5. The Labute approximate surface area is 134 Å². The highest BCUT2D eigenvalue weighted by molar-refractivity contribution is 7.91. The number of carbonyl (C=O) groups is 1. The molecule has 0 fully saturated rings. The summed E-state index contributed by atoms with van der Waals surface area (Å²) in [6.07, 6.45) is 1.27. The monoisotopic (exact) mass is 334 g/mol. The van der Waals surface area contributed by atoms with Gasteiger partial charge in [-0.3, -0.25) is 9.78 Å². The van der Waals surface area contributed by atoms with Gasteiger partial charge in [-0.05, 0) is 23.8 Å². The number of amides is 1. The number of benzene rings is 1. The first-order valence-electron chi connectivity index (χ1n) is 7.09. The quantitative estimate of drug-likeness (QED) is 0.822. The number of aliphatic hydroxyl groups excluding tert-OH is 1. The molecule has 6 nitrogen and oxygen atoms in total. The van der Waals surface area contributed by atoms with Crippen molar-refractivity contribution >= 4 is 15.7 Å². The molecule has 0 aliphatic heterocycles. The molecular formula is C16H18N2O4S. The third-order valence-electron chi connectivity index (χ3n) is 3.64. The number of nitrogens with zero attached hydrogens (tertiary/aromatic N) is 1. The van der Waals surface area contributed by atoms with Gasteiger partial charge >= 0.3 is 0 Å². The predicted molar refractivity (Wildman–Crippen MR) is 85.9 cm³/mol. The lowest BCUT2D eigenvalue weighted by Gasteiger charge is -2.17. The van der Waals surface area contributed by atoms with E-state index in [4.69, 9.17) is 5.73 Å². The highest BCUT2D eigenvalue weighted by Crippen LogP contribution is 2.26. The number of aliphatic hydroxyl groups is 1. The Balaban J connectivity index is 2.45. The molecule has 7 heteroatoms. The summed E-state index contributed by atoms with van der Waals surface area (Å²) in [5, 5.41) is 9.70. The minimum atomic E-state index is -3.33. The second kappa shape index (κ2) is 6.89. The zero-order valence-electron chi connectivity index (χ0n) is 12.6. The van der Waals surface area contributed by atoms with E-state index < -0.39 is 21.7 Å². The van der Waals surface area contributed by atoms with Gasteiger partial charge in [0.2, 0.25) is 5.91 Å². The lowest BCUT2D eigenvalue weighted by molar-refractivity contribution is 0.0999. The van der Waals surface area contributed by atoms with Crippen LogP contribution in [0.5, 0.6) is 0 Å². The molecule has 1 heterocycles. The summed E-state index contributed by atoms with van der Waals surface area (Å²) in [7, 11) is -3.33. The zero-order valence-corrected chi connectivity index (χ0v) is 13.5. The van der Waals surface area contributed by atoms with Gasteiger partial charge in [0, 0.05) is 11.8 Å². The summed E-state index contributed by atoms with van der Waals surface area (Å²) in [5.41, 5.74) is 6.69. The van der Waals surface area contributed by atoms with E-state index in [0.717, 1.165) is 0 Å². The van der Waals surface area contributed by atoms with Crippen LogP contribution in [0.3, 0.4) is 0 Å². The molecule has 122 valence electrons. The molecule has 0 aliphatic rings. The van der Waals surface area contributed by atoms with Gasteiger partial charge in [-0.15, -0.1) is 0 Å². The first-order chi connectivity index (χ1) is 10.9. The molecule has 1 atom stereocenters. The molecule has 0 bridgehead atoms. The van der Waals surface area contributed by atoms with Crippen LogP contribution in [0, 0.1) is 0 Å². The van der Waals surface area contributed by atoms with Gasteiger partial charge in [0.25, 0.3) is 0 Å². The number of carbonyl (C=O) groups excluding carboxylic acids is 1. The molecular weight excluding hydrogens is 316 g/mol. The Morgan fingerprint density at radius 1 is 1.26 bits per heavy atom. The molecule has 2 aromatic rings. The fourth-order valence-corrected chi connectivity index (χ4v) is 3.15. The first kappa shape index (κ1) is 17.1. The molecule has 0 saturated heterocycles. The minimum absolute atomic E-state index is 0.0119. The number of rotatable bonds is 6. The van der Waals surface area contributed by atoms with Crippen LogP contribution in [0.1, 0.15) is 34.5 Å². The summed E-state index contributed by atoms with van der Waals surface area (Å²) >= 11 is 0. The molecule has 0 spiro atoms. The Morgan fingerprint density at radius 3 is 2.48 bits per heavy atom. The van der Waals surface area contributed by atoms with Crippen molar-refractivity contribution in [2.75, 3.05) is 12.4 Å². The van der Waals surface area contributed by atoms with E-state index in [1.165, 1.54) is 12.3 Å². The number of nitrogens with two attached hydrogens (primary N) is 1. The molecule has 0 saturated carbocycles. The van der Waals surface area contributed by atoms with E-state index in [2.05, 4.69) is 4.98 Å². The Hall–Kier alpha value is -2.25. The Kier molecular flexibility index (Phi) is 5.12. The summed E-state index contributed by atoms with van der Waals surface area (Å²) in [4.78, 5) is 15.8. The van der Waals surface area contributed by atoms with Crippen molar-refractivity contribution in [1.29, 1.82) is 0 Å². The van der Waals surface area contributed by atoms with Crippen molar-refractivity contribution < 1.29 is 18.3 Å². The SMILES string of the molecule is CCS(=O)(=O)c1ccc([C@H](CO)c2ccccc2C(N)=O)nc1. The summed E-state index contributed by atoms with van der Waals surface area (Å²) in [6, 6.07) is 9.69. The van der Waals surface area contributed by atoms with Crippen molar-refractivity contribution in [2.45, 2.75) is 17.7 Å². The third-order valence-corrected chi connectivity index (χ3v) is 5.36. The smallest absolute Gasteiger partial charge is 0.249 e. The molecule has 2 rings (SSSR count). The summed E-state index contributed by atoms with van der Waals surface area (Å²) in [5.74, 6) is -1.16. The van der Waals surface area contributed by atoms with Gasteiger partial charge in [0.15, 0.2) is 9.84 Å². The van der Waals surface area contributed by atoms with Gasteiger partial charge in [-0.25, -0.2) is 8.42 Å². The van der Waals surface area contributed by atoms with Gasteiger partial charge in [-0.2, -0.15) is 0 Å². The maximum absolute atomic E-state index is 11.8. The van der Waals surface area contributed by atoms with Gasteiger partial charge in [0.1, 0.15) is 0 Å². The number of aromatic nitrogens is 1. The van der Waals surface area contributed by atoms with Gasteiger partial charge in [0.05, 0.1) is 28.9 Å². The van der Waals surface area contributed by atoms with Crippen LogP contribution in [0.25, 0.3) is 0 Å². The van der Waals surface area contributed by atoms with E-state index in [-0.39, 0.29) is 17.3 Å². The van der Waals surface area contributed by atoms with Crippen LogP contribution in [-0.4, -0.2) is 36.8 Å². The van der Waals surface area contributed by atoms with Crippen molar-refractivity contribution in [3.8, 4) is 0 Å². The molecule has 0 aliphatic carbocycles. The molecule has 1 aromatic heterocycles. The van der Waals surface area contributed by atoms with Crippen LogP contribution < -0.4 is 5.73 Å². The molecule has 3 N–H and O–H groups in total. The average Bonchev–Trinajstić information content (AvgIpc) is 2.56. The average molecular weight is 334 g/mol. The number of pyridine rings is 1. The highest BCUT2D eigenvalue weighted by atomic mass is 32.2. The van der Waals surface area contributed by atoms with Crippen molar-refractivity contribution in [3.63, 3.8) is 0 Å². The summed E-state index contributed by atoms with van der Waals surface area (Å²) < 4.78 is 23.6. The number of hydrogen-bond donors (Lipinski definition) is 2. The second-order valence-electron chi connectivity index (χ2n) is 5.01. The first-order valence-corrected chi connectivity index (χ1v) is 8.74. The van der Waals surface area contributed by atoms with E-state index in [0.29, 0.717) is 16.8 Å². The van der Waals surface area contributed by atoms with Crippen molar-refractivity contribution in [3.05, 3.63) is 59.4 Å². The van der Waals surface area contributed by atoms with E-state index in [1.807, 2.05) is 0 Å². The standard InChI is InChI=1S/C16H18N2O4S/c1-2-23(21,22)11-7-8-15(18-9-11)14(10-19)12-5-3-4-6-13(12)16(17)20/h3-9,14,19H,2,10H2,1H3,(H2,17,20)/t14-/m1/s1. The molecule has 23 heavy (non-hydrogen) atoms. The largest absolute Gasteiger partial charge is 0.395 e. The fraction of sp³-hybridized carbons (Fsp3) is 0.250. The van der Waals surface area contributed by atoms with Gasteiger partial charge in [-0.1, -0.05) is 25.1 Å². The molecule has 0 unspecified atom stereocenters. The van der Waals surface area contributed by atoms with Gasteiger partial charge < -0.3 is 10.8 Å². The Bertz CT molecular complexity index is 801. The van der Waals surface area contributed by atoms with Crippen LogP contribution >= 0.6 is 0 Å². The lowest BCUT2D eigenvalue weighted by Crippen LogP contribution is -2.18. The van der Waals surface area contributed by atoms with E-state index >= 15 is 0 Å². The van der Waals surface area contributed by atoms with Crippen molar-refractivity contribution in [2.24, 2.45) is 5.73 Å². The zero-order chi connectivity index (χ0) is 17.0. The Morgan fingerprint density at radius 2 is 1.96 bits per heavy atom.